The molecule has 3 rings (SSSR count). The molecule has 1 saturated heterocycles. The maximum Gasteiger partial charge on any atom is 0.0713 e. The van der Waals surface area contributed by atoms with Crippen LogP contribution in [-0.2, 0) is 0 Å². The quantitative estimate of drug-likeness (QED) is 0.895. The molecule has 0 spiro atoms. The molecule has 3 unspecified atom stereocenters. The van der Waals surface area contributed by atoms with E-state index in [2.05, 4.69) is 79.5 Å². The molecule has 1 aromatic heterocycles. The van der Waals surface area contributed by atoms with Crippen molar-refractivity contribution < 1.29 is 0 Å². The van der Waals surface area contributed by atoms with Gasteiger partial charge in [-0.3, -0.25) is 4.90 Å². The topological polar surface area (TPSA) is 28.2 Å². The predicted molar refractivity (Wildman–Crippen MR) is 103 cm³/mol. The summed E-state index contributed by atoms with van der Waals surface area (Å²) in [6.07, 6.45) is 0. The third-order valence-corrected chi connectivity index (χ3v) is 5.72. The fourth-order valence-electron chi connectivity index (χ4n) is 3.71. The average Bonchev–Trinajstić information content (AvgIpc) is 2.93. The molecule has 1 aromatic carbocycles. The van der Waals surface area contributed by atoms with Gasteiger partial charge in [-0.25, -0.2) is 0 Å². The van der Waals surface area contributed by atoms with Crippen LogP contribution in [0.2, 0.25) is 0 Å². The summed E-state index contributed by atoms with van der Waals surface area (Å²) in [4.78, 5) is 3.97. The van der Waals surface area contributed by atoms with Gasteiger partial charge in [0.25, 0.3) is 0 Å². The molecule has 0 bridgehead atoms. The van der Waals surface area contributed by atoms with Gasteiger partial charge in [0.05, 0.1) is 11.7 Å². The summed E-state index contributed by atoms with van der Waals surface area (Å²) in [5.74, 6) is 0.572. The van der Waals surface area contributed by atoms with E-state index < -0.39 is 0 Å². The number of aromatic nitrogens is 1. The molecule has 4 heteroatoms. The molecule has 3 nitrogen and oxygen atoms in total. The SMILES string of the molecule is Cc1cc(C(c2ccc(C(C)C)cc2)N2CC(C)NC(C)C2)sn1. The van der Waals surface area contributed by atoms with Crippen LogP contribution in [-0.4, -0.2) is 34.4 Å². The highest BCUT2D eigenvalue weighted by Gasteiger charge is 2.30. The zero-order chi connectivity index (χ0) is 17.3. The summed E-state index contributed by atoms with van der Waals surface area (Å²) in [5, 5.41) is 3.64. The summed E-state index contributed by atoms with van der Waals surface area (Å²) in [7, 11) is 0. The fourth-order valence-corrected chi connectivity index (χ4v) is 4.62. The minimum Gasteiger partial charge on any atom is -0.309 e. The Hall–Kier alpha value is -1.23. The lowest BCUT2D eigenvalue weighted by atomic mass is 9.96. The van der Waals surface area contributed by atoms with E-state index >= 15 is 0 Å². The van der Waals surface area contributed by atoms with E-state index in [1.807, 2.05) is 0 Å². The van der Waals surface area contributed by atoms with Crippen molar-refractivity contribution in [1.82, 2.24) is 14.6 Å². The molecule has 0 aliphatic carbocycles. The standard InChI is InChI=1S/C20H29N3S/c1-13(2)17-6-8-18(9-7-17)20(19-10-14(3)22-24-19)23-11-15(4)21-16(5)12-23/h6-10,13,15-16,20-21H,11-12H2,1-5H3. The first-order valence-corrected chi connectivity index (χ1v) is 9.74. The van der Waals surface area contributed by atoms with Gasteiger partial charge in [-0.1, -0.05) is 38.1 Å². The van der Waals surface area contributed by atoms with E-state index in [9.17, 15) is 0 Å². The zero-order valence-electron chi connectivity index (χ0n) is 15.4. The van der Waals surface area contributed by atoms with Crippen molar-refractivity contribution >= 4 is 11.5 Å². The number of aryl methyl sites for hydroxylation is 1. The number of piperazine rings is 1. The van der Waals surface area contributed by atoms with Crippen molar-refractivity contribution in [2.75, 3.05) is 13.1 Å². The molecule has 2 heterocycles. The Morgan fingerprint density at radius 2 is 1.67 bits per heavy atom. The number of rotatable bonds is 4. The van der Waals surface area contributed by atoms with Gasteiger partial charge < -0.3 is 5.32 Å². The highest BCUT2D eigenvalue weighted by atomic mass is 32.1. The normalized spacial score (nSPS) is 23.6. The van der Waals surface area contributed by atoms with Crippen LogP contribution in [0.1, 0.15) is 61.4 Å². The smallest absolute Gasteiger partial charge is 0.0713 e. The average molecular weight is 344 g/mol. The van der Waals surface area contributed by atoms with E-state index in [0.29, 0.717) is 24.0 Å². The van der Waals surface area contributed by atoms with Crippen molar-refractivity contribution in [3.8, 4) is 0 Å². The Kier molecular flexibility index (Phi) is 5.38. The Bertz CT molecular complexity index is 652. The molecule has 3 atom stereocenters. The Morgan fingerprint density at radius 1 is 1.08 bits per heavy atom. The van der Waals surface area contributed by atoms with Crippen LogP contribution in [0, 0.1) is 6.92 Å². The lowest BCUT2D eigenvalue weighted by molar-refractivity contribution is 0.142. The Balaban J connectivity index is 1.95. The summed E-state index contributed by atoms with van der Waals surface area (Å²) in [6.45, 7) is 13.3. The number of benzene rings is 1. The van der Waals surface area contributed by atoms with E-state index in [4.69, 9.17) is 0 Å². The van der Waals surface area contributed by atoms with Crippen molar-refractivity contribution in [1.29, 1.82) is 0 Å². The molecule has 2 aromatic rings. The van der Waals surface area contributed by atoms with Gasteiger partial charge in [0.1, 0.15) is 0 Å². The van der Waals surface area contributed by atoms with E-state index in [1.165, 1.54) is 16.0 Å². The van der Waals surface area contributed by atoms with Gasteiger partial charge in [0.2, 0.25) is 0 Å². The Morgan fingerprint density at radius 3 is 2.17 bits per heavy atom. The number of nitrogens with zero attached hydrogens (tertiary/aromatic N) is 2. The first-order chi connectivity index (χ1) is 11.4. The van der Waals surface area contributed by atoms with Crippen molar-refractivity contribution in [3.63, 3.8) is 0 Å². The summed E-state index contributed by atoms with van der Waals surface area (Å²) in [6, 6.07) is 12.8. The van der Waals surface area contributed by atoms with Crippen LogP contribution in [0.15, 0.2) is 30.3 Å². The molecule has 0 radical (unpaired) electrons. The fraction of sp³-hybridized carbons (Fsp3) is 0.550. The first kappa shape index (κ1) is 17.6. The van der Waals surface area contributed by atoms with Gasteiger partial charge in [0, 0.05) is 30.1 Å². The molecule has 1 N–H and O–H groups in total. The van der Waals surface area contributed by atoms with Crippen LogP contribution < -0.4 is 5.32 Å². The number of hydrogen-bond acceptors (Lipinski definition) is 4. The molecule has 24 heavy (non-hydrogen) atoms. The lowest BCUT2D eigenvalue weighted by Crippen LogP contribution is -2.55. The second-order valence-corrected chi connectivity index (χ2v) is 8.35. The first-order valence-electron chi connectivity index (χ1n) is 8.97. The molecule has 1 aliphatic heterocycles. The molecule has 0 saturated carbocycles. The number of hydrogen-bond donors (Lipinski definition) is 1. The second kappa shape index (κ2) is 7.34. The van der Waals surface area contributed by atoms with Gasteiger partial charge >= 0.3 is 0 Å². The van der Waals surface area contributed by atoms with Crippen LogP contribution >= 0.6 is 11.5 Å². The molecule has 130 valence electrons. The van der Waals surface area contributed by atoms with Gasteiger partial charge in [0.15, 0.2) is 0 Å². The summed E-state index contributed by atoms with van der Waals surface area (Å²) >= 11 is 1.65. The minimum absolute atomic E-state index is 0.310. The Labute approximate surface area is 150 Å². The van der Waals surface area contributed by atoms with Crippen LogP contribution in [0.25, 0.3) is 0 Å². The van der Waals surface area contributed by atoms with Crippen molar-refractivity contribution in [2.24, 2.45) is 0 Å². The highest BCUT2D eigenvalue weighted by Crippen LogP contribution is 2.33. The maximum absolute atomic E-state index is 4.54. The monoisotopic (exact) mass is 343 g/mol. The van der Waals surface area contributed by atoms with E-state index in [0.717, 1.165) is 18.8 Å². The van der Waals surface area contributed by atoms with Gasteiger partial charge in [-0.05, 0) is 55.4 Å². The highest BCUT2D eigenvalue weighted by molar-refractivity contribution is 7.05. The predicted octanol–water partition coefficient (Wildman–Crippen LogP) is 4.35. The van der Waals surface area contributed by atoms with Crippen LogP contribution in [0.4, 0.5) is 0 Å². The second-order valence-electron chi connectivity index (χ2n) is 7.52. The minimum atomic E-state index is 0.310. The summed E-state index contributed by atoms with van der Waals surface area (Å²) in [5.41, 5.74) is 3.90. The molecule has 0 amide bonds. The van der Waals surface area contributed by atoms with Crippen LogP contribution in [0.5, 0.6) is 0 Å². The summed E-state index contributed by atoms with van der Waals surface area (Å²) < 4.78 is 4.54. The van der Waals surface area contributed by atoms with Crippen molar-refractivity contribution in [3.05, 3.63) is 52.0 Å². The molecular formula is C20H29N3S. The third-order valence-electron chi connectivity index (χ3n) is 4.79. The zero-order valence-corrected chi connectivity index (χ0v) is 16.2. The number of nitrogens with one attached hydrogen (secondary N) is 1. The largest absolute Gasteiger partial charge is 0.309 e. The molecular weight excluding hydrogens is 314 g/mol. The van der Waals surface area contributed by atoms with E-state index in [1.54, 1.807) is 11.5 Å². The van der Waals surface area contributed by atoms with E-state index in [-0.39, 0.29) is 0 Å². The van der Waals surface area contributed by atoms with Gasteiger partial charge in [-0.15, -0.1) is 0 Å². The van der Waals surface area contributed by atoms with Gasteiger partial charge in [-0.2, -0.15) is 4.37 Å². The van der Waals surface area contributed by atoms with Crippen molar-refractivity contribution in [2.45, 2.75) is 58.7 Å². The maximum atomic E-state index is 4.54. The lowest BCUT2D eigenvalue weighted by Gasteiger charge is -2.40. The van der Waals surface area contributed by atoms with Crippen LogP contribution in [0.3, 0.4) is 0 Å². The molecule has 1 fully saturated rings. The molecule has 1 aliphatic rings. The third kappa shape index (κ3) is 3.88.